The van der Waals surface area contributed by atoms with Gasteiger partial charge in [0.05, 0.1) is 28.5 Å². The van der Waals surface area contributed by atoms with Gasteiger partial charge >= 0.3 is 0 Å². The molecule has 0 fully saturated rings. The average molecular weight is 366 g/mol. The van der Waals surface area contributed by atoms with Crippen LogP contribution in [0.1, 0.15) is 46.5 Å². The Bertz CT molecular complexity index is 903. The molecule has 26 heavy (non-hydrogen) atoms. The van der Waals surface area contributed by atoms with Crippen molar-refractivity contribution in [2.45, 2.75) is 33.2 Å². The molecule has 0 unspecified atom stereocenters. The third-order valence-corrected chi connectivity index (χ3v) is 5.44. The van der Waals surface area contributed by atoms with Crippen molar-refractivity contribution >= 4 is 17.2 Å². The fourth-order valence-electron chi connectivity index (χ4n) is 2.86. The Morgan fingerprint density at radius 2 is 1.92 bits per heavy atom. The van der Waals surface area contributed by atoms with Crippen LogP contribution in [0.5, 0.6) is 0 Å². The summed E-state index contributed by atoms with van der Waals surface area (Å²) < 4.78 is 0. The van der Waals surface area contributed by atoms with Crippen LogP contribution < -0.4 is 0 Å². The molecule has 0 aliphatic carbocycles. The summed E-state index contributed by atoms with van der Waals surface area (Å²) in [5.41, 5.74) is 4.25. The van der Waals surface area contributed by atoms with Gasteiger partial charge in [-0.1, -0.05) is 44.2 Å². The molecule has 5 heteroatoms. The minimum Gasteiger partial charge on any atom is -0.336 e. The largest absolute Gasteiger partial charge is 0.336 e. The van der Waals surface area contributed by atoms with E-state index in [1.807, 2.05) is 55.7 Å². The van der Waals surface area contributed by atoms with Gasteiger partial charge in [-0.15, -0.1) is 11.3 Å². The van der Waals surface area contributed by atoms with Gasteiger partial charge in [-0.25, -0.2) is 4.98 Å². The number of rotatable bonds is 5. The van der Waals surface area contributed by atoms with Crippen molar-refractivity contribution in [2.24, 2.45) is 0 Å². The second-order valence-electron chi connectivity index (χ2n) is 6.68. The first-order valence-corrected chi connectivity index (χ1v) is 9.56. The zero-order chi connectivity index (χ0) is 18.7. The highest BCUT2D eigenvalue weighted by atomic mass is 32.1. The smallest absolute Gasteiger partial charge is 0.256 e. The predicted molar refractivity (Wildman–Crippen MR) is 106 cm³/mol. The molecule has 1 amide bonds. The number of thiazole rings is 1. The Morgan fingerprint density at radius 1 is 1.19 bits per heavy atom. The van der Waals surface area contributed by atoms with E-state index in [4.69, 9.17) is 0 Å². The molecule has 2 aromatic heterocycles. The molecule has 1 aromatic carbocycles. The van der Waals surface area contributed by atoms with Gasteiger partial charge in [-0.05, 0) is 24.1 Å². The highest BCUT2D eigenvalue weighted by Crippen LogP contribution is 2.27. The summed E-state index contributed by atoms with van der Waals surface area (Å²) in [4.78, 5) is 23.9. The predicted octanol–water partition coefficient (Wildman–Crippen LogP) is 4.91. The second kappa shape index (κ2) is 7.79. The van der Waals surface area contributed by atoms with E-state index in [-0.39, 0.29) is 5.91 Å². The number of benzene rings is 1. The van der Waals surface area contributed by atoms with Gasteiger partial charge in [-0.2, -0.15) is 0 Å². The molecule has 0 saturated carbocycles. The monoisotopic (exact) mass is 365 g/mol. The SMILES string of the molecule is Cc1nccc(-c2ccccc2)c1C(=O)N(C)Cc1csc(C(C)C)n1. The lowest BCUT2D eigenvalue weighted by atomic mass is 9.98. The first kappa shape index (κ1) is 18.3. The zero-order valence-corrected chi connectivity index (χ0v) is 16.4. The van der Waals surface area contributed by atoms with Crippen molar-refractivity contribution in [1.82, 2.24) is 14.9 Å². The summed E-state index contributed by atoms with van der Waals surface area (Å²) >= 11 is 1.65. The van der Waals surface area contributed by atoms with Crippen LogP contribution in [0.2, 0.25) is 0 Å². The molecule has 0 bridgehead atoms. The number of hydrogen-bond donors (Lipinski definition) is 0. The Hall–Kier alpha value is -2.53. The van der Waals surface area contributed by atoms with Crippen molar-refractivity contribution in [1.29, 1.82) is 0 Å². The number of amides is 1. The van der Waals surface area contributed by atoms with Crippen LogP contribution >= 0.6 is 11.3 Å². The Balaban J connectivity index is 1.89. The number of aryl methyl sites for hydroxylation is 1. The molecular weight excluding hydrogens is 342 g/mol. The van der Waals surface area contributed by atoms with Crippen molar-refractivity contribution in [3.05, 3.63) is 69.9 Å². The van der Waals surface area contributed by atoms with E-state index in [1.54, 1.807) is 22.4 Å². The number of aromatic nitrogens is 2. The van der Waals surface area contributed by atoms with E-state index in [2.05, 4.69) is 23.8 Å². The van der Waals surface area contributed by atoms with Gasteiger partial charge in [0.15, 0.2) is 0 Å². The van der Waals surface area contributed by atoms with Gasteiger partial charge in [0, 0.05) is 24.5 Å². The number of hydrogen-bond acceptors (Lipinski definition) is 4. The van der Waals surface area contributed by atoms with Gasteiger partial charge in [-0.3, -0.25) is 9.78 Å². The van der Waals surface area contributed by atoms with Crippen molar-refractivity contribution in [3.8, 4) is 11.1 Å². The minimum atomic E-state index is -0.0337. The van der Waals surface area contributed by atoms with Crippen LogP contribution in [0.25, 0.3) is 11.1 Å². The quantitative estimate of drug-likeness (QED) is 0.645. The van der Waals surface area contributed by atoms with Crippen molar-refractivity contribution in [2.75, 3.05) is 7.05 Å². The Labute approximate surface area is 158 Å². The molecule has 3 aromatic rings. The highest BCUT2D eigenvalue weighted by molar-refractivity contribution is 7.09. The third kappa shape index (κ3) is 3.83. The van der Waals surface area contributed by atoms with Crippen LogP contribution in [0, 0.1) is 6.92 Å². The van der Waals surface area contributed by atoms with Crippen LogP contribution in [0.15, 0.2) is 48.0 Å². The minimum absolute atomic E-state index is 0.0337. The summed E-state index contributed by atoms with van der Waals surface area (Å²) in [6.07, 6.45) is 1.75. The van der Waals surface area contributed by atoms with Crippen molar-refractivity contribution in [3.63, 3.8) is 0 Å². The van der Waals surface area contributed by atoms with E-state index < -0.39 is 0 Å². The van der Waals surface area contributed by atoms with E-state index >= 15 is 0 Å². The first-order valence-electron chi connectivity index (χ1n) is 8.68. The molecule has 3 rings (SSSR count). The van der Waals surface area contributed by atoms with Crippen LogP contribution in [-0.4, -0.2) is 27.8 Å². The maximum Gasteiger partial charge on any atom is 0.256 e. The molecule has 0 saturated heterocycles. The zero-order valence-electron chi connectivity index (χ0n) is 15.6. The van der Waals surface area contributed by atoms with Crippen LogP contribution in [0.3, 0.4) is 0 Å². The van der Waals surface area contributed by atoms with Gasteiger partial charge < -0.3 is 4.90 Å². The Morgan fingerprint density at radius 3 is 2.58 bits per heavy atom. The number of nitrogens with zero attached hydrogens (tertiary/aromatic N) is 3. The fraction of sp³-hybridized carbons (Fsp3) is 0.286. The first-order chi connectivity index (χ1) is 12.5. The highest BCUT2D eigenvalue weighted by Gasteiger charge is 2.21. The third-order valence-electron chi connectivity index (χ3n) is 4.25. The van der Waals surface area contributed by atoms with Gasteiger partial charge in [0.1, 0.15) is 0 Å². The molecule has 134 valence electrons. The summed E-state index contributed by atoms with van der Waals surface area (Å²) in [6, 6.07) is 11.9. The second-order valence-corrected chi connectivity index (χ2v) is 7.57. The molecule has 0 spiro atoms. The maximum absolute atomic E-state index is 13.2. The molecule has 0 aliphatic rings. The van der Waals surface area contributed by atoms with E-state index in [0.717, 1.165) is 27.5 Å². The number of pyridine rings is 1. The molecule has 0 N–H and O–H groups in total. The van der Waals surface area contributed by atoms with E-state index in [9.17, 15) is 4.79 Å². The molecule has 4 nitrogen and oxygen atoms in total. The molecular formula is C21H23N3OS. The molecule has 0 radical (unpaired) electrons. The van der Waals surface area contributed by atoms with Crippen molar-refractivity contribution < 1.29 is 4.79 Å². The Kier molecular flexibility index (Phi) is 5.47. The summed E-state index contributed by atoms with van der Waals surface area (Å²) in [6.45, 7) is 6.63. The van der Waals surface area contributed by atoms with E-state index in [0.29, 0.717) is 18.0 Å². The summed E-state index contributed by atoms with van der Waals surface area (Å²) in [5.74, 6) is 0.369. The van der Waals surface area contributed by atoms with Gasteiger partial charge in [0.2, 0.25) is 0 Å². The molecule has 0 aliphatic heterocycles. The lowest BCUT2D eigenvalue weighted by molar-refractivity contribution is 0.0783. The molecule has 2 heterocycles. The standard InChI is InChI=1S/C21H23N3OS/c1-14(2)20-23-17(13-26-20)12-24(4)21(25)19-15(3)22-11-10-18(19)16-8-6-5-7-9-16/h5-11,13-14H,12H2,1-4H3. The van der Waals surface area contributed by atoms with Gasteiger partial charge in [0.25, 0.3) is 5.91 Å². The number of carbonyl (C=O) groups excluding carboxylic acids is 1. The lowest BCUT2D eigenvalue weighted by Gasteiger charge is -2.19. The maximum atomic E-state index is 13.2. The van der Waals surface area contributed by atoms with E-state index in [1.165, 1.54) is 0 Å². The lowest BCUT2D eigenvalue weighted by Crippen LogP contribution is -2.28. The summed E-state index contributed by atoms with van der Waals surface area (Å²) in [5, 5.41) is 3.14. The average Bonchev–Trinajstić information content (AvgIpc) is 3.10. The van der Waals surface area contributed by atoms with Crippen LogP contribution in [0.4, 0.5) is 0 Å². The molecule has 0 atom stereocenters. The summed E-state index contributed by atoms with van der Waals surface area (Å²) in [7, 11) is 1.82. The fourth-order valence-corrected chi connectivity index (χ4v) is 3.69. The normalized spacial score (nSPS) is 11.0. The van der Waals surface area contributed by atoms with Crippen LogP contribution in [-0.2, 0) is 6.54 Å². The number of carbonyl (C=O) groups is 1. The topological polar surface area (TPSA) is 46.1 Å².